The van der Waals surface area contributed by atoms with Gasteiger partial charge in [-0.15, -0.1) is 0 Å². The minimum Gasteiger partial charge on any atom is -0.493 e. The first kappa shape index (κ1) is 11.6. The number of carboxylic acids is 1. The van der Waals surface area contributed by atoms with Gasteiger partial charge in [-0.25, -0.2) is 4.79 Å². The van der Waals surface area contributed by atoms with Crippen LogP contribution in [0.15, 0.2) is 24.3 Å². The van der Waals surface area contributed by atoms with Crippen molar-refractivity contribution < 1.29 is 14.6 Å². The second-order valence-electron chi connectivity index (χ2n) is 3.66. The summed E-state index contributed by atoms with van der Waals surface area (Å²) in [5.74, 6) is 0.178. The fourth-order valence-electron chi connectivity index (χ4n) is 1.08. The van der Waals surface area contributed by atoms with Crippen molar-refractivity contribution in [2.24, 2.45) is 5.92 Å². The van der Waals surface area contributed by atoms with Crippen LogP contribution in [0.25, 0.3) is 0 Å². The van der Waals surface area contributed by atoms with E-state index in [9.17, 15) is 4.79 Å². The highest BCUT2D eigenvalue weighted by molar-refractivity contribution is 5.87. The van der Waals surface area contributed by atoms with Crippen molar-refractivity contribution in [3.05, 3.63) is 29.8 Å². The Bertz CT molecular complexity index is 333. The Balaban J connectivity index is 2.62. The molecule has 0 aliphatic carbocycles. The first-order valence-electron chi connectivity index (χ1n) is 5.09. The van der Waals surface area contributed by atoms with E-state index in [1.165, 1.54) is 0 Å². The molecule has 0 heterocycles. The highest BCUT2D eigenvalue weighted by Gasteiger charge is 2.05. The summed E-state index contributed by atoms with van der Waals surface area (Å²) in [6.45, 7) is 4.82. The molecular formula is C12H16O3. The van der Waals surface area contributed by atoms with E-state index in [1.54, 1.807) is 24.3 Å². The van der Waals surface area contributed by atoms with E-state index in [0.29, 0.717) is 18.3 Å². The normalized spacial score (nSPS) is 12.1. The Kier molecular flexibility index (Phi) is 4.16. The van der Waals surface area contributed by atoms with E-state index in [4.69, 9.17) is 9.84 Å². The second kappa shape index (κ2) is 5.39. The number of benzene rings is 1. The molecule has 0 spiro atoms. The van der Waals surface area contributed by atoms with Gasteiger partial charge in [0.15, 0.2) is 0 Å². The molecule has 0 aromatic heterocycles. The first-order valence-corrected chi connectivity index (χ1v) is 5.09. The molecule has 82 valence electrons. The van der Waals surface area contributed by atoms with Crippen LogP contribution >= 0.6 is 0 Å². The zero-order chi connectivity index (χ0) is 11.3. The van der Waals surface area contributed by atoms with Crippen molar-refractivity contribution in [2.45, 2.75) is 20.3 Å². The van der Waals surface area contributed by atoms with Crippen molar-refractivity contribution >= 4 is 5.97 Å². The highest BCUT2D eigenvalue weighted by Crippen LogP contribution is 2.14. The minimum absolute atomic E-state index is 0.261. The van der Waals surface area contributed by atoms with E-state index < -0.39 is 5.97 Å². The van der Waals surface area contributed by atoms with Gasteiger partial charge in [0.25, 0.3) is 0 Å². The van der Waals surface area contributed by atoms with Crippen LogP contribution in [0.3, 0.4) is 0 Å². The molecule has 1 rings (SSSR count). The number of carboxylic acid groups (broad SMARTS) is 1. The van der Waals surface area contributed by atoms with Gasteiger partial charge in [0, 0.05) is 0 Å². The Morgan fingerprint density at radius 2 is 2.27 bits per heavy atom. The standard InChI is InChI=1S/C12H16O3/c1-3-9(2)8-15-11-6-4-5-10(7-11)12(13)14/h4-7,9H,3,8H2,1-2H3,(H,13,14)/t9-/m0/s1. The summed E-state index contributed by atoms with van der Waals surface area (Å²) < 4.78 is 5.49. The number of ether oxygens (including phenoxy) is 1. The van der Waals surface area contributed by atoms with E-state index >= 15 is 0 Å². The molecule has 1 N–H and O–H groups in total. The first-order chi connectivity index (χ1) is 7.13. The molecule has 1 atom stereocenters. The van der Waals surface area contributed by atoms with Gasteiger partial charge in [0.2, 0.25) is 0 Å². The summed E-state index contributed by atoms with van der Waals surface area (Å²) in [6.07, 6.45) is 1.05. The van der Waals surface area contributed by atoms with Crippen LogP contribution in [0.1, 0.15) is 30.6 Å². The summed E-state index contributed by atoms with van der Waals surface area (Å²) in [5.41, 5.74) is 0.261. The Labute approximate surface area is 89.7 Å². The lowest BCUT2D eigenvalue weighted by atomic mass is 10.1. The van der Waals surface area contributed by atoms with Gasteiger partial charge in [-0.3, -0.25) is 0 Å². The molecule has 0 saturated carbocycles. The van der Waals surface area contributed by atoms with Gasteiger partial charge < -0.3 is 9.84 Å². The van der Waals surface area contributed by atoms with Gasteiger partial charge >= 0.3 is 5.97 Å². The third kappa shape index (κ3) is 3.62. The lowest BCUT2D eigenvalue weighted by Gasteiger charge is -2.10. The van der Waals surface area contributed by atoms with Gasteiger partial charge in [0.1, 0.15) is 5.75 Å². The molecule has 1 aromatic rings. The largest absolute Gasteiger partial charge is 0.493 e. The number of hydrogen-bond donors (Lipinski definition) is 1. The van der Waals surface area contributed by atoms with Crippen molar-refractivity contribution in [3.63, 3.8) is 0 Å². The molecule has 0 bridgehead atoms. The highest BCUT2D eigenvalue weighted by atomic mass is 16.5. The molecule has 0 fully saturated rings. The van der Waals surface area contributed by atoms with Gasteiger partial charge in [-0.1, -0.05) is 26.3 Å². The summed E-state index contributed by atoms with van der Waals surface area (Å²) in [7, 11) is 0. The van der Waals surface area contributed by atoms with Crippen molar-refractivity contribution in [2.75, 3.05) is 6.61 Å². The Hall–Kier alpha value is -1.51. The van der Waals surface area contributed by atoms with Gasteiger partial charge in [-0.05, 0) is 24.1 Å². The fraction of sp³-hybridized carbons (Fsp3) is 0.417. The van der Waals surface area contributed by atoms with E-state index in [-0.39, 0.29) is 5.56 Å². The van der Waals surface area contributed by atoms with Crippen LogP contribution in [0.5, 0.6) is 5.75 Å². The summed E-state index contributed by atoms with van der Waals surface area (Å²) in [5, 5.41) is 8.78. The SMILES string of the molecule is CC[C@H](C)COc1cccc(C(=O)O)c1. The minimum atomic E-state index is -0.927. The number of rotatable bonds is 5. The molecule has 0 amide bonds. The van der Waals surface area contributed by atoms with E-state index in [0.717, 1.165) is 6.42 Å². The topological polar surface area (TPSA) is 46.5 Å². The third-order valence-corrected chi connectivity index (χ3v) is 2.31. The number of carbonyl (C=O) groups is 1. The molecule has 1 aromatic carbocycles. The zero-order valence-corrected chi connectivity index (χ0v) is 9.06. The van der Waals surface area contributed by atoms with Gasteiger partial charge in [0.05, 0.1) is 12.2 Å². The Morgan fingerprint density at radius 1 is 1.53 bits per heavy atom. The third-order valence-electron chi connectivity index (χ3n) is 2.31. The monoisotopic (exact) mass is 208 g/mol. The molecule has 0 radical (unpaired) electrons. The molecule has 0 aliphatic heterocycles. The molecule has 3 nitrogen and oxygen atoms in total. The quantitative estimate of drug-likeness (QED) is 0.809. The van der Waals surface area contributed by atoms with Crippen LogP contribution in [0.4, 0.5) is 0 Å². The summed E-state index contributed by atoms with van der Waals surface area (Å²) >= 11 is 0. The average molecular weight is 208 g/mol. The lowest BCUT2D eigenvalue weighted by molar-refractivity contribution is 0.0696. The van der Waals surface area contributed by atoms with Crippen LogP contribution < -0.4 is 4.74 Å². The second-order valence-corrected chi connectivity index (χ2v) is 3.66. The lowest BCUT2D eigenvalue weighted by Crippen LogP contribution is -2.07. The van der Waals surface area contributed by atoms with Crippen LogP contribution in [-0.2, 0) is 0 Å². The summed E-state index contributed by atoms with van der Waals surface area (Å²) in [4.78, 5) is 10.7. The van der Waals surface area contributed by atoms with E-state index in [2.05, 4.69) is 13.8 Å². The van der Waals surface area contributed by atoms with E-state index in [1.807, 2.05) is 0 Å². The molecule has 0 unspecified atom stereocenters. The molecular weight excluding hydrogens is 192 g/mol. The van der Waals surface area contributed by atoms with Crippen molar-refractivity contribution in [1.82, 2.24) is 0 Å². The molecule has 0 saturated heterocycles. The van der Waals surface area contributed by atoms with Crippen molar-refractivity contribution in [3.8, 4) is 5.75 Å². The maximum atomic E-state index is 10.7. The van der Waals surface area contributed by atoms with Gasteiger partial charge in [-0.2, -0.15) is 0 Å². The van der Waals surface area contributed by atoms with Crippen LogP contribution in [0.2, 0.25) is 0 Å². The molecule has 15 heavy (non-hydrogen) atoms. The fourth-order valence-corrected chi connectivity index (χ4v) is 1.08. The number of aromatic carboxylic acids is 1. The van der Waals surface area contributed by atoms with Crippen molar-refractivity contribution in [1.29, 1.82) is 0 Å². The predicted molar refractivity (Wildman–Crippen MR) is 58.4 cm³/mol. The zero-order valence-electron chi connectivity index (χ0n) is 9.06. The predicted octanol–water partition coefficient (Wildman–Crippen LogP) is 2.81. The van der Waals surface area contributed by atoms with Crippen LogP contribution in [0, 0.1) is 5.92 Å². The summed E-state index contributed by atoms with van der Waals surface area (Å²) in [6, 6.07) is 6.56. The average Bonchev–Trinajstić information content (AvgIpc) is 2.26. The number of hydrogen-bond acceptors (Lipinski definition) is 2. The Morgan fingerprint density at radius 3 is 2.87 bits per heavy atom. The van der Waals surface area contributed by atoms with Crippen LogP contribution in [-0.4, -0.2) is 17.7 Å². The maximum Gasteiger partial charge on any atom is 0.335 e. The molecule has 0 aliphatic rings. The maximum absolute atomic E-state index is 10.7. The molecule has 3 heteroatoms. The smallest absolute Gasteiger partial charge is 0.335 e.